The van der Waals surface area contributed by atoms with Crippen LogP contribution in [0.25, 0.3) is 0 Å². The maximum absolute atomic E-state index is 12.3. The molecule has 1 aromatic rings. The number of hydrogen-bond donors (Lipinski definition) is 1. The van der Waals surface area contributed by atoms with Crippen molar-refractivity contribution in [3.63, 3.8) is 0 Å². The quantitative estimate of drug-likeness (QED) is 0.777. The number of esters is 2. The van der Waals surface area contributed by atoms with Crippen LogP contribution in [0.2, 0.25) is 0 Å². The first-order chi connectivity index (χ1) is 12.7. The Balaban J connectivity index is 1.90. The molecule has 0 radical (unpaired) electrons. The minimum absolute atomic E-state index is 0.00642. The third-order valence-corrected chi connectivity index (χ3v) is 4.48. The molecule has 0 aromatic heterocycles. The minimum atomic E-state index is -0.604. The van der Waals surface area contributed by atoms with Gasteiger partial charge in [-0.3, -0.25) is 0 Å². The van der Waals surface area contributed by atoms with E-state index in [1.165, 1.54) is 14.2 Å². The number of ether oxygens (including phenoxy) is 3. The Morgan fingerprint density at radius 1 is 1.00 bits per heavy atom. The van der Waals surface area contributed by atoms with Gasteiger partial charge in [0.15, 0.2) is 0 Å². The molecule has 1 fully saturated rings. The topological polar surface area (TPSA) is 80.3 Å². The zero-order valence-corrected chi connectivity index (χ0v) is 15.0. The van der Waals surface area contributed by atoms with Crippen LogP contribution in [0.15, 0.2) is 35.5 Å². The summed E-state index contributed by atoms with van der Waals surface area (Å²) in [5, 5.41) is 3.33. The van der Waals surface area contributed by atoms with E-state index >= 15 is 0 Å². The highest BCUT2D eigenvalue weighted by atomic mass is 16.5. The molecule has 8 nitrogen and oxygen atoms in total. The van der Waals surface area contributed by atoms with Crippen LogP contribution in [0.4, 0.5) is 11.4 Å². The number of rotatable bonds is 4. The van der Waals surface area contributed by atoms with Crippen molar-refractivity contribution < 1.29 is 23.8 Å². The SMILES string of the molecule is COC(=O)C1=C(C(=O)OC)N(c2ccc(N3CCNCC3)cc2)COC1. The largest absolute Gasteiger partial charge is 0.466 e. The van der Waals surface area contributed by atoms with Gasteiger partial charge in [-0.1, -0.05) is 0 Å². The molecular weight excluding hydrogens is 338 g/mol. The van der Waals surface area contributed by atoms with Crippen molar-refractivity contribution in [2.75, 3.05) is 63.5 Å². The Labute approximate surface area is 152 Å². The summed E-state index contributed by atoms with van der Waals surface area (Å²) in [6.45, 7) is 3.97. The van der Waals surface area contributed by atoms with Crippen LogP contribution >= 0.6 is 0 Å². The number of anilines is 2. The van der Waals surface area contributed by atoms with Gasteiger partial charge in [0.05, 0.1) is 26.4 Å². The molecule has 2 heterocycles. The monoisotopic (exact) mass is 361 g/mol. The number of hydrogen-bond acceptors (Lipinski definition) is 8. The summed E-state index contributed by atoms with van der Waals surface area (Å²) in [5.74, 6) is -1.20. The van der Waals surface area contributed by atoms with E-state index in [2.05, 4.69) is 10.2 Å². The van der Waals surface area contributed by atoms with Crippen molar-refractivity contribution in [3.05, 3.63) is 35.5 Å². The van der Waals surface area contributed by atoms with Gasteiger partial charge in [-0.15, -0.1) is 0 Å². The Morgan fingerprint density at radius 3 is 2.23 bits per heavy atom. The summed E-state index contributed by atoms with van der Waals surface area (Å²) in [5.41, 5.74) is 2.16. The number of nitrogens with zero attached hydrogens (tertiary/aromatic N) is 2. The van der Waals surface area contributed by atoms with Gasteiger partial charge in [0.2, 0.25) is 0 Å². The van der Waals surface area contributed by atoms with Gasteiger partial charge >= 0.3 is 11.9 Å². The van der Waals surface area contributed by atoms with E-state index in [4.69, 9.17) is 14.2 Å². The Hall–Kier alpha value is -2.58. The molecule has 0 amide bonds. The molecule has 1 aromatic carbocycles. The number of methoxy groups -OCH3 is 2. The predicted molar refractivity (Wildman–Crippen MR) is 95.9 cm³/mol. The van der Waals surface area contributed by atoms with Crippen LogP contribution in [0.5, 0.6) is 0 Å². The maximum Gasteiger partial charge on any atom is 0.355 e. The zero-order chi connectivity index (χ0) is 18.5. The summed E-state index contributed by atoms with van der Waals surface area (Å²) in [7, 11) is 2.55. The van der Waals surface area contributed by atoms with Crippen LogP contribution in [0, 0.1) is 0 Å². The van der Waals surface area contributed by atoms with E-state index in [0.29, 0.717) is 0 Å². The smallest absolute Gasteiger partial charge is 0.355 e. The molecule has 3 rings (SSSR count). The first kappa shape index (κ1) is 18.2. The maximum atomic E-state index is 12.3. The molecule has 1 saturated heterocycles. The average molecular weight is 361 g/mol. The van der Waals surface area contributed by atoms with Crippen LogP contribution in [0.1, 0.15) is 0 Å². The van der Waals surface area contributed by atoms with E-state index in [9.17, 15) is 9.59 Å². The van der Waals surface area contributed by atoms with Gasteiger partial charge in [-0.25, -0.2) is 9.59 Å². The number of benzene rings is 1. The summed E-state index contributed by atoms with van der Waals surface area (Å²) < 4.78 is 15.1. The van der Waals surface area contributed by atoms with E-state index in [0.717, 1.165) is 37.6 Å². The van der Waals surface area contributed by atoms with E-state index < -0.39 is 11.9 Å². The molecule has 26 heavy (non-hydrogen) atoms. The lowest BCUT2D eigenvalue weighted by molar-refractivity contribution is -0.140. The van der Waals surface area contributed by atoms with Crippen molar-refractivity contribution in [2.45, 2.75) is 0 Å². The van der Waals surface area contributed by atoms with E-state index in [-0.39, 0.29) is 24.6 Å². The van der Waals surface area contributed by atoms with Crippen LogP contribution in [-0.4, -0.2) is 65.7 Å². The second-order valence-corrected chi connectivity index (χ2v) is 5.97. The van der Waals surface area contributed by atoms with Crippen molar-refractivity contribution in [3.8, 4) is 0 Å². The second-order valence-electron chi connectivity index (χ2n) is 5.97. The lowest BCUT2D eigenvalue weighted by Gasteiger charge is -2.32. The van der Waals surface area contributed by atoms with E-state index in [1.807, 2.05) is 24.3 Å². The fourth-order valence-electron chi connectivity index (χ4n) is 3.11. The second kappa shape index (κ2) is 8.20. The first-order valence-corrected chi connectivity index (χ1v) is 8.46. The van der Waals surface area contributed by atoms with Crippen LogP contribution in [-0.2, 0) is 23.8 Å². The summed E-state index contributed by atoms with van der Waals surface area (Å²) in [6.07, 6.45) is 0. The number of nitrogens with one attached hydrogen (secondary N) is 1. The lowest BCUT2D eigenvalue weighted by atomic mass is 10.1. The molecule has 0 atom stereocenters. The highest BCUT2D eigenvalue weighted by Crippen LogP contribution is 2.28. The molecular formula is C18H23N3O5. The summed E-state index contributed by atoms with van der Waals surface area (Å²) >= 11 is 0. The number of carbonyl (C=O) groups is 2. The Morgan fingerprint density at radius 2 is 1.62 bits per heavy atom. The van der Waals surface area contributed by atoms with Crippen molar-refractivity contribution >= 4 is 23.3 Å². The van der Waals surface area contributed by atoms with Gasteiger partial charge in [-0.05, 0) is 24.3 Å². The molecule has 0 bridgehead atoms. The third kappa shape index (κ3) is 3.66. The highest BCUT2D eigenvalue weighted by Gasteiger charge is 2.32. The standard InChI is InChI=1S/C18H23N3O5/c1-24-17(22)15-11-26-12-21(16(15)18(23)25-2)14-5-3-13(4-6-14)20-9-7-19-8-10-20/h3-6,19H,7-12H2,1-2H3. The van der Waals surface area contributed by atoms with E-state index in [1.54, 1.807) is 4.90 Å². The number of carbonyl (C=O) groups excluding carboxylic acids is 2. The van der Waals surface area contributed by atoms with Gasteiger partial charge in [0.25, 0.3) is 0 Å². The van der Waals surface area contributed by atoms with Gasteiger partial charge in [0, 0.05) is 37.6 Å². The highest BCUT2D eigenvalue weighted by molar-refractivity contribution is 6.03. The predicted octanol–water partition coefficient (Wildman–Crippen LogP) is 0.490. The average Bonchev–Trinajstić information content (AvgIpc) is 2.72. The van der Waals surface area contributed by atoms with Gasteiger partial charge in [-0.2, -0.15) is 0 Å². The van der Waals surface area contributed by atoms with Gasteiger partial charge in [0.1, 0.15) is 12.4 Å². The van der Waals surface area contributed by atoms with Crippen molar-refractivity contribution in [2.24, 2.45) is 0 Å². The Kier molecular flexibility index (Phi) is 5.75. The molecule has 0 unspecified atom stereocenters. The van der Waals surface area contributed by atoms with Crippen molar-refractivity contribution in [1.29, 1.82) is 0 Å². The molecule has 2 aliphatic rings. The third-order valence-electron chi connectivity index (χ3n) is 4.48. The number of piperazine rings is 1. The molecule has 0 aliphatic carbocycles. The van der Waals surface area contributed by atoms with Gasteiger partial charge < -0.3 is 29.3 Å². The molecule has 8 heteroatoms. The summed E-state index contributed by atoms with van der Waals surface area (Å²) in [6, 6.07) is 7.82. The van der Waals surface area contributed by atoms with Crippen LogP contribution < -0.4 is 15.1 Å². The summed E-state index contributed by atoms with van der Waals surface area (Å²) in [4.78, 5) is 28.2. The lowest BCUT2D eigenvalue weighted by Crippen LogP contribution is -2.43. The fraction of sp³-hybridized carbons (Fsp3) is 0.444. The van der Waals surface area contributed by atoms with Crippen LogP contribution in [0.3, 0.4) is 0 Å². The zero-order valence-electron chi connectivity index (χ0n) is 15.0. The molecule has 140 valence electrons. The minimum Gasteiger partial charge on any atom is -0.466 e. The Bertz CT molecular complexity index is 695. The normalized spacial score (nSPS) is 17.9. The molecule has 0 saturated carbocycles. The first-order valence-electron chi connectivity index (χ1n) is 8.46. The van der Waals surface area contributed by atoms with Crippen molar-refractivity contribution in [1.82, 2.24) is 5.32 Å². The fourth-order valence-corrected chi connectivity index (χ4v) is 3.11. The molecule has 1 N–H and O–H groups in total. The molecule has 2 aliphatic heterocycles. The molecule has 0 spiro atoms.